The van der Waals surface area contributed by atoms with Crippen LogP contribution in [0, 0.1) is 0 Å². The smallest absolute Gasteiger partial charge is 0.372 e. The van der Waals surface area contributed by atoms with E-state index in [1.165, 1.54) is 0 Å². The molecule has 1 atom stereocenters. The molecule has 1 aromatic carbocycles. The molecule has 2 nitrogen and oxygen atoms in total. The molecule has 0 amide bonds. The Hall–Kier alpha value is -1.11. The van der Waals surface area contributed by atoms with Gasteiger partial charge in [-0.15, -0.1) is 11.3 Å². The lowest BCUT2D eigenvalue weighted by atomic mass is 10.0. The van der Waals surface area contributed by atoms with Gasteiger partial charge in [0.2, 0.25) is 0 Å². The van der Waals surface area contributed by atoms with Gasteiger partial charge in [0.25, 0.3) is 0 Å². The Bertz CT molecular complexity index is 538. The first kappa shape index (κ1) is 14.3. The Morgan fingerprint density at radius 3 is 2.79 bits per heavy atom. The molecular weight excluding hydrogens is 275 g/mol. The third-order valence-electron chi connectivity index (χ3n) is 2.75. The second-order valence-electron chi connectivity index (χ2n) is 4.25. The summed E-state index contributed by atoms with van der Waals surface area (Å²) in [4.78, 5) is 0. The van der Waals surface area contributed by atoms with Gasteiger partial charge in [0.1, 0.15) is 6.61 Å². The molecule has 0 aliphatic rings. The third kappa shape index (κ3) is 3.92. The summed E-state index contributed by atoms with van der Waals surface area (Å²) in [6.07, 6.45) is -3.91. The summed E-state index contributed by atoms with van der Waals surface area (Å²) < 4.78 is 41.4. The summed E-state index contributed by atoms with van der Waals surface area (Å²) in [5.41, 5.74) is 6.98. The topological polar surface area (TPSA) is 35.2 Å². The van der Waals surface area contributed by atoms with Crippen LogP contribution in [0.2, 0.25) is 0 Å². The fourth-order valence-electron chi connectivity index (χ4n) is 1.86. The minimum atomic E-state index is -4.28. The fourth-order valence-corrected chi connectivity index (χ4v) is 2.84. The van der Waals surface area contributed by atoms with Gasteiger partial charge < -0.3 is 10.5 Å². The number of hydrogen-bond acceptors (Lipinski definition) is 3. The van der Waals surface area contributed by atoms with E-state index in [9.17, 15) is 13.2 Å². The average molecular weight is 289 g/mol. The van der Waals surface area contributed by atoms with Crippen LogP contribution < -0.4 is 5.73 Å². The zero-order valence-electron chi connectivity index (χ0n) is 10.1. The maximum Gasteiger partial charge on any atom is 0.411 e. The Morgan fingerprint density at radius 1 is 1.26 bits per heavy atom. The summed E-state index contributed by atoms with van der Waals surface area (Å²) in [7, 11) is 0. The lowest BCUT2D eigenvalue weighted by Gasteiger charge is -2.14. The van der Waals surface area contributed by atoms with Crippen molar-refractivity contribution in [2.45, 2.75) is 18.6 Å². The molecule has 104 valence electrons. The summed E-state index contributed by atoms with van der Waals surface area (Å²) in [6.45, 7) is -1.22. The fraction of sp³-hybridized carbons (Fsp3) is 0.385. The lowest BCUT2D eigenvalue weighted by molar-refractivity contribution is -0.174. The second-order valence-corrected chi connectivity index (χ2v) is 5.17. The van der Waals surface area contributed by atoms with E-state index in [-0.39, 0.29) is 12.6 Å². The van der Waals surface area contributed by atoms with Crippen LogP contribution in [0.4, 0.5) is 13.2 Å². The van der Waals surface area contributed by atoms with Crippen molar-refractivity contribution in [2.24, 2.45) is 5.73 Å². The molecule has 0 saturated heterocycles. The van der Waals surface area contributed by atoms with Gasteiger partial charge in [-0.2, -0.15) is 13.2 Å². The maximum atomic E-state index is 11.9. The van der Waals surface area contributed by atoms with Crippen LogP contribution in [0.25, 0.3) is 10.1 Å². The molecule has 2 aromatic rings. The van der Waals surface area contributed by atoms with Crippen molar-refractivity contribution in [3.63, 3.8) is 0 Å². The standard InChI is InChI=1S/C13H14F3NOS/c14-13(15,16)8-18-6-4-11(17)10-3-1-2-9-5-7-19-12(9)10/h1-3,5,7,11H,4,6,8,17H2. The van der Waals surface area contributed by atoms with Gasteiger partial charge in [0, 0.05) is 17.3 Å². The lowest BCUT2D eigenvalue weighted by Crippen LogP contribution is -2.19. The van der Waals surface area contributed by atoms with Gasteiger partial charge >= 0.3 is 6.18 Å². The number of hydrogen-bond donors (Lipinski definition) is 1. The number of rotatable bonds is 5. The molecule has 1 aromatic heterocycles. The van der Waals surface area contributed by atoms with E-state index >= 15 is 0 Å². The molecule has 0 fully saturated rings. The summed E-state index contributed by atoms with van der Waals surface area (Å²) in [5, 5.41) is 3.08. The van der Waals surface area contributed by atoms with Crippen LogP contribution in [0.3, 0.4) is 0 Å². The van der Waals surface area contributed by atoms with Crippen LogP contribution in [0.15, 0.2) is 29.6 Å². The highest BCUT2D eigenvalue weighted by Gasteiger charge is 2.27. The largest absolute Gasteiger partial charge is 0.411 e. The van der Waals surface area contributed by atoms with Crippen LogP contribution in [0.1, 0.15) is 18.0 Å². The van der Waals surface area contributed by atoms with Crippen LogP contribution in [-0.4, -0.2) is 19.4 Å². The number of ether oxygens (including phenoxy) is 1. The highest BCUT2D eigenvalue weighted by atomic mass is 32.1. The summed E-state index contributed by atoms with van der Waals surface area (Å²) in [5.74, 6) is 0. The van der Waals surface area contributed by atoms with Crippen molar-refractivity contribution in [2.75, 3.05) is 13.2 Å². The van der Waals surface area contributed by atoms with Crippen molar-refractivity contribution in [1.82, 2.24) is 0 Å². The number of thiophene rings is 1. The maximum absolute atomic E-state index is 11.9. The molecule has 2 N–H and O–H groups in total. The number of alkyl halides is 3. The molecule has 1 heterocycles. The van der Waals surface area contributed by atoms with Crippen LogP contribution in [0.5, 0.6) is 0 Å². The van der Waals surface area contributed by atoms with Crippen molar-refractivity contribution in [1.29, 1.82) is 0 Å². The van der Waals surface area contributed by atoms with E-state index in [2.05, 4.69) is 4.74 Å². The Labute approximate surface area is 113 Å². The van der Waals surface area contributed by atoms with Gasteiger partial charge in [-0.05, 0) is 28.8 Å². The zero-order valence-corrected chi connectivity index (χ0v) is 10.9. The molecular formula is C13H14F3NOS. The molecule has 0 bridgehead atoms. The first-order valence-electron chi connectivity index (χ1n) is 5.83. The van der Waals surface area contributed by atoms with Gasteiger partial charge in [0.05, 0.1) is 0 Å². The number of nitrogens with two attached hydrogens (primary N) is 1. The molecule has 0 aliphatic carbocycles. The van der Waals surface area contributed by atoms with E-state index in [4.69, 9.17) is 5.73 Å². The highest BCUT2D eigenvalue weighted by molar-refractivity contribution is 7.17. The average Bonchev–Trinajstić information content (AvgIpc) is 2.81. The van der Waals surface area contributed by atoms with Crippen molar-refractivity contribution in [3.05, 3.63) is 35.2 Å². The Morgan fingerprint density at radius 2 is 2.05 bits per heavy atom. The van der Waals surface area contributed by atoms with Gasteiger partial charge in [0.15, 0.2) is 0 Å². The monoisotopic (exact) mass is 289 g/mol. The zero-order chi connectivity index (χ0) is 13.9. The molecule has 0 aliphatic heterocycles. The van der Waals surface area contributed by atoms with Crippen molar-refractivity contribution < 1.29 is 17.9 Å². The predicted octanol–water partition coefficient (Wildman–Crippen LogP) is 3.87. The number of halogens is 3. The normalized spacial score (nSPS) is 13.9. The van der Waals surface area contributed by atoms with Crippen LogP contribution in [-0.2, 0) is 4.74 Å². The SMILES string of the molecule is NC(CCOCC(F)(F)F)c1cccc2ccsc12. The van der Waals surface area contributed by atoms with Gasteiger partial charge in [-0.1, -0.05) is 18.2 Å². The van der Waals surface area contributed by atoms with Crippen molar-refractivity contribution in [3.8, 4) is 0 Å². The number of benzene rings is 1. The quantitative estimate of drug-likeness (QED) is 0.848. The predicted molar refractivity (Wildman–Crippen MR) is 70.2 cm³/mol. The first-order valence-corrected chi connectivity index (χ1v) is 6.71. The molecule has 0 radical (unpaired) electrons. The Kier molecular flexibility index (Phi) is 4.44. The second kappa shape index (κ2) is 5.90. The van der Waals surface area contributed by atoms with E-state index in [1.54, 1.807) is 11.3 Å². The van der Waals surface area contributed by atoms with Gasteiger partial charge in [-0.3, -0.25) is 0 Å². The van der Waals surface area contributed by atoms with E-state index in [1.807, 2.05) is 29.6 Å². The minimum Gasteiger partial charge on any atom is -0.372 e. The van der Waals surface area contributed by atoms with E-state index in [0.717, 1.165) is 15.6 Å². The molecule has 0 saturated carbocycles. The molecule has 0 spiro atoms. The third-order valence-corrected chi connectivity index (χ3v) is 3.73. The Balaban J connectivity index is 1.93. The first-order chi connectivity index (χ1) is 8.97. The molecule has 19 heavy (non-hydrogen) atoms. The summed E-state index contributed by atoms with van der Waals surface area (Å²) in [6, 6.07) is 7.49. The summed E-state index contributed by atoms with van der Waals surface area (Å²) >= 11 is 1.58. The molecule has 1 unspecified atom stereocenters. The van der Waals surface area contributed by atoms with Gasteiger partial charge in [-0.25, -0.2) is 0 Å². The molecule has 6 heteroatoms. The van der Waals surface area contributed by atoms with E-state index in [0.29, 0.717) is 6.42 Å². The van der Waals surface area contributed by atoms with Crippen LogP contribution >= 0.6 is 11.3 Å². The minimum absolute atomic E-state index is 0.00242. The highest BCUT2D eigenvalue weighted by Crippen LogP contribution is 2.29. The molecule has 2 rings (SSSR count). The van der Waals surface area contributed by atoms with Crippen molar-refractivity contribution >= 4 is 21.4 Å². The number of fused-ring (bicyclic) bond motifs is 1. The van der Waals surface area contributed by atoms with E-state index < -0.39 is 12.8 Å².